The summed E-state index contributed by atoms with van der Waals surface area (Å²) in [6.45, 7) is 8.29. The Morgan fingerprint density at radius 3 is 2.52 bits per heavy atom. The van der Waals surface area contributed by atoms with E-state index in [1.165, 1.54) is 0 Å². The van der Waals surface area contributed by atoms with Crippen molar-refractivity contribution in [1.82, 2.24) is 4.90 Å². The number of rotatable bonds is 5. The zero-order valence-electron chi connectivity index (χ0n) is 16.2. The van der Waals surface area contributed by atoms with E-state index in [4.69, 9.17) is 4.74 Å². The Morgan fingerprint density at radius 1 is 1.22 bits per heavy atom. The molecule has 27 heavy (non-hydrogen) atoms. The van der Waals surface area contributed by atoms with E-state index in [2.05, 4.69) is 0 Å². The first-order valence-electron chi connectivity index (χ1n) is 9.21. The maximum atomic E-state index is 13.1. The molecule has 5 nitrogen and oxygen atoms in total. The summed E-state index contributed by atoms with van der Waals surface area (Å²) < 4.78 is 5.11. The highest BCUT2D eigenvalue weighted by atomic mass is 16.5. The molecular weight excluding hydrogens is 342 g/mol. The van der Waals surface area contributed by atoms with Crippen molar-refractivity contribution in [2.45, 2.75) is 46.7 Å². The van der Waals surface area contributed by atoms with Gasteiger partial charge in [-0.05, 0) is 49.9 Å². The van der Waals surface area contributed by atoms with Gasteiger partial charge in [0.15, 0.2) is 0 Å². The molecule has 0 saturated carbocycles. The number of phenols is 1. The van der Waals surface area contributed by atoms with E-state index in [9.17, 15) is 14.7 Å². The molecule has 5 heteroatoms. The first-order valence-corrected chi connectivity index (χ1v) is 9.21. The van der Waals surface area contributed by atoms with Crippen LogP contribution < -0.4 is 0 Å². The third-order valence-electron chi connectivity index (χ3n) is 5.28. The maximum Gasteiger partial charge on any atom is 0.313 e. The van der Waals surface area contributed by atoms with Gasteiger partial charge in [0.1, 0.15) is 5.75 Å². The molecule has 1 N–H and O–H groups in total. The van der Waals surface area contributed by atoms with Gasteiger partial charge in [-0.25, -0.2) is 0 Å². The molecule has 1 amide bonds. The number of hydrogen-bond donors (Lipinski definition) is 1. The van der Waals surface area contributed by atoms with Gasteiger partial charge in [0, 0.05) is 24.2 Å². The van der Waals surface area contributed by atoms with Gasteiger partial charge >= 0.3 is 5.97 Å². The lowest BCUT2D eigenvalue weighted by atomic mass is 9.87. The Morgan fingerprint density at radius 2 is 1.89 bits per heavy atom. The van der Waals surface area contributed by atoms with E-state index in [-0.39, 0.29) is 18.3 Å². The van der Waals surface area contributed by atoms with E-state index in [1.54, 1.807) is 32.6 Å². The standard InChI is InChI=1S/C22H25NO4/c1-5-27-22(26)15(4)18-14(3)19-17(13(2)20(18)24)12-23(21(19)25)11-16-9-7-6-8-10-16/h6-10,15,24H,5,11-12H2,1-4H3. The van der Waals surface area contributed by atoms with Crippen molar-refractivity contribution in [1.29, 1.82) is 0 Å². The van der Waals surface area contributed by atoms with Crippen LogP contribution in [0.15, 0.2) is 30.3 Å². The number of hydrogen-bond acceptors (Lipinski definition) is 4. The van der Waals surface area contributed by atoms with Crippen LogP contribution in [0.2, 0.25) is 0 Å². The van der Waals surface area contributed by atoms with Gasteiger partial charge in [0.2, 0.25) is 0 Å². The van der Waals surface area contributed by atoms with Crippen molar-refractivity contribution < 1.29 is 19.4 Å². The second-order valence-electron chi connectivity index (χ2n) is 6.99. The molecule has 1 atom stereocenters. The fourth-order valence-electron chi connectivity index (χ4n) is 3.83. The number of amides is 1. The first-order chi connectivity index (χ1) is 12.9. The van der Waals surface area contributed by atoms with Crippen LogP contribution in [0.5, 0.6) is 5.75 Å². The Kier molecular flexibility index (Phi) is 5.22. The molecule has 0 radical (unpaired) electrons. The van der Waals surface area contributed by atoms with Crippen molar-refractivity contribution in [3.63, 3.8) is 0 Å². The summed E-state index contributed by atoms with van der Waals surface area (Å²) in [6.07, 6.45) is 0. The molecule has 142 valence electrons. The molecule has 1 aliphatic rings. The van der Waals surface area contributed by atoms with Crippen molar-refractivity contribution >= 4 is 11.9 Å². The van der Waals surface area contributed by atoms with E-state index < -0.39 is 11.9 Å². The topological polar surface area (TPSA) is 66.8 Å². The fraction of sp³-hybridized carbons (Fsp3) is 0.364. The Bertz CT molecular complexity index is 889. The van der Waals surface area contributed by atoms with Crippen LogP contribution in [0.1, 0.15) is 57.9 Å². The van der Waals surface area contributed by atoms with Crippen LogP contribution in [0, 0.1) is 13.8 Å². The predicted octanol–water partition coefficient (Wildman–Crippen LogP) is 3.83. The number of benzene rings is 2. The molecule has 0 bridgehead atoms. The van der Waals surface area contributed by atoms with E-state index in [0.717, 1.165) is 11.1 Å². The average Bonchev–Trinajstić information content (AvgIpc) is 2.97. The summed E-state index contributed by atoms with van der Waals surface area (Å²) in [5, 5.41) is 10.8. The quantitative estimate of drug-likeness (QED) is 0.816. The average molecular weight is 367 g/mol. The minimum atomic E-state index is -0.634. The lowest BCUT2D eigenvalue weighted by Crippen LogP contribution is -2.23. The molecule has 0 saturated heterocycles. The molecule has 1 heterocycles. The Balaban J connectivity index is 2.00. The normalized spacial score (nSPS) is 14.2. The van der Waals surface area contributed by atoms with Crippen LogP contribution in [0.25, 0.3) is 0 Å². The van der Waals surface area contributed by atoms with E-state index in [0.29, 0.717) is 35.3 Å². The van der Waals surface area contributed by atoms with Gasteiger partial charge in [0.25, 0.3) is 5.91 Å². The minimum Gasteiger partial charge on any atom is -0.507 e. The molecule has 2 aromatic rings. The zero-order valence-corrected chi connectivity index (χ0v) is 16.2. The Labute approximate surface area is 159 Å². The number of fused-ring (bicyclic) bond motifs is 1. The van der Waals surface area contributed by atoms with Gasteiger partial charge in [-0.15, -0.1) is 0 Å². The number of carbonyl (C=O) groups excluding carboxylic acids is 2. The van der Waals surface area contributed by atoms with Crippen molar-refractivity contribution in [2.75, 3.05) is 6.61 Å². The second-order valence-corrected chi connectivity index (χ2v) is 6.99. The summed E-state index contributed by atoms with van der Waals surface area (Å²) in [7, 11) is 0. The third kappa shape index (κ3) is 3.29. The predicted molar refractivity (Wildman–Crippen MR) is 103 cm³/mol. The van der Waals surface area contributed by atoms with Gasteiger partial charge < -0.3 is 14.7 Å². The maximum absolute atomic E-state index is 13.1. The number of carbonyl (C=O) groups is 2. The molecule has 0 fully saturated rings. The van der Waals surface area contributed by atoms with Crippen LogP contribution >= 0.6 is 0 Å². The summed E-state index contributed by atoms with van der Waals surface area (Å²) in [6, 6.07) is 9.82. The van der Waals surface area contributed by atoms with E-state index >= 15 is 0 Å². The highest BCUT2D eigenvalue weighted by Gasteiger charge is 2.35. The molecule has 0 aliphatic carbocycles. The van der Waals surface area contributed by atoms with Crippen molar-refractivity contribution in [3.8, 4) is 5.75 Å². The van der Waals surface area contributed by atoms with Gasteiger partial charge in [-0.3, -0.25) is 9.59 Å². The lowest BCUT2D eigenvalue weighted by molar-refractivity contribution is -0.144. The van der Waals surface area contributed by atoms with Gasteiger partial charge in [-0.2, -0.15) is 0 Å². The number of aromatic hydroxyl groups is 1. The first kappa shape index (κ1) is 19.0. The Hall–Kier alpha value is -2.82. The number of esters is 1. The zero-order chi connectivity index (χ0) is 19.7. The highest BCUT2D eigenvalue weighted by Crippen LogP contribution is 2.41. The summed E-state index contributed by atoms with van der Waals surface area (Å²) >= 11 is 0. The third-order valence-corrected chi connectivity index (χ3v) is 5.28. The van der Waals surface area contributed by atoms with Gasteiger partial charge in [-0.1, -0.05) is 30.3 Å². The number of ether oxygens (including phenoxy) is 1. The van der Waals surface area contributed by atoms with E-state index in [1.807, 2.05) is 30.3 Å². The number of nitrogens with zero attached hydrogens (tertiary/aromatic N) is 1. The summed E-state index contributed by atoms with van der Waals surface area (Å²) in [4.78, 5) is 27.1. The lowest BCUT2D eigenvalue weighted by Gasteiger charge is -2.19. The minimum absolute atomic E-state index is 0.0632. The van der Waals surface area contributed by atoms with Crippen molar-refractivity contribution in [3.05, 3.63) is 63.7 Å². The highest BCUT2D eigenvalue weighted by molar-refractivity contribution is 6.01. The van der Waals surface area contributed by atoms with Crippen LogP contribution in [-0.4, -0.2) is 28.5 Å². The summed E-state index contributed by atoms with van der Waals surface area (Å²) in [5.74, 6) is -1.01. The molecular formula is C22H25NO4. The molecule has 2 aromatic carbocycles. The molecule has 0 aromatic heterocycles. The molecule has 3 rings (SSSR count). The molecule has 1 unspecified atom stereocenters. The SMILES string of the molecule is CCOC(=O)C(C)c1c(C)c2c(c(C)c1O)CN(Cc1ccccc1)C2=O. The summed E-state index contributed by atoms with van der Waals surface area (Å²) in [5.41, 5.74) is 4.30. The number of phenolic OH excluding ortho intramolecular Hbond substituents is 1. The fourth-order valence-corrected chi connectivity index (χ4v) is 3.83. The monoisotopic (exact) mass is 367 g/mol. The van der Waals surface area contributed by atoms with Crippen LogP contribution in [-0.2, 0) is 22.6 Å². The molecule has 0 spiro atoms. The largest absolute Gasteiger partial charge is 0.507 e. The molecule has 1 aliphatic heterocycles. The van der Waals surface area contributed by atoms with Crippen LogP contribution in [0.4, 0.5) is 0 Å². The van der Waals surface area contributed by atoms with Crippen LogP contribution in [0.3, 0.4) is 0 Å². The second kappa shape index (κ2) is 7.43. The smallest absolute Gasteiger partial charge is 0.313 e. The van der Waals surface area contributed by atoms with Gasteiger partial charge in [0.05, 0.1) is 12.5 Å². The van der Waals surface area contributed by atoms with Crippen molar-refractivity contribution in [2.24, 2.45) is 0 Å².